The second-order valence-corrected chi connectivity index (χ2v) is 4.74. The van der Waals surface area contributed by atoms with Crippen LogP contribution in [-0.2, 0) is 4.79 Å². The Kier molecular flexibility index (Phi) is 5.64. The molecular weight excluding hydrogens is 262 g/mol. The van der Waals surface area contributed by atoms with Crippen molar-refractivity contribution in [2.45, 2.75) is 26.7 Å². The Morgan fingerprint density at radius 1 is 1.20 bits per heavy atom. The van der Waals surface area contributed by atoms with E-state index in [1.807, 2.05) is 13.8 Å². The Hall–Kier alpha value is -2.44. The minimum atomic E-state index is -0.546. The van der Waals surface area contributed by atoms with Crippen LogP contribution in [-0.4, -0.2) is 16.7 Å². The summed E-state index contributed by atoms with van der Waals surface area (Å²) < 4.78 is 0. The van der Waals surface area contributed by atoms with Gasteiger partial charge in [0.1, 0.15) is 0 Å². The first-order chi connectivity index (χ1) is 9.40. The number of nitro groups is 1. The number of carbonyl (C=O) groups excluding carboxylic acids is 2. The third-order valence-electron chi connectivity index (χ3n) is 2.60. The Labute approximate surface area is 116 Å². The molecule has 0 aliphatic rings. The quantitative estimate of drug-likeness (QED) is 0.633. The topological polar surface area (TPSA) is 101 Å². The molecule has 7 nitrogen and oxygen atoms in total. The highest BCUT2D eigenvalue weighted by Gasteiger charge is 2.10. The fourth-order valence-corrected chi connectivity index (χ4v) is 1.42. The average Bonchev–Trinajstić information content (AvgIpc) is 2.42. The van der Waals surface area contributed by atoms with Crippen molar-refractivity contribution in [3.05, 3.63) is 39.9 Å². The molecule has 0 atom stereocenters. The average molecular weight is 279 g/mol. The van der Waals surface area contributed by atoms with E-state index >= 15 is 0 Å². The van der Waals surface area contributed by atoms with E-state index in [-0.39, 0.29) is 17.2 Å². The van der Waals surface area contributed by atoms with Gasteiger partial charge >= 0.3 is 0 Å². The molecule has 0 saturated heterocycles. The fraction of sp³-hybridized carbons (Fsp3) is 0.385. The second-order valence-electron chi connectivity index (χ2n) is 4.74. The van der Waals surface area contributed by atoms with Crippen LogP contribution in [0.4, 0.5) is 5.69 Å². The van der Waals surface area contributed by atoms with Crippen molar-refractivity contribution in [2.75, 3.05) is 0 Å². The van der Waals surface area contributed by atoms with Gasteiger partial charge in [0, 0.05) is 24.1 Å². The largest absolute Gasteiger partial charge is 0.273 e. The lowest BCUT2D eigenvalue weighted by Gasteiger charge is -2.08. The molecule has 2 N–H and O–H groups in total. The van der Waals surface area contributed by atoms with E-state index in [1.54, 1.807) is 0 Å². The molecule has 0 spiro atoms. The van der Waals surface area contributed by atoms with Crippen LogP contribution in [0.2, 0.25) is 0 Å². The number of amides is 2. The molecule has 1 aromatic rings. The molecule has 108 valence electrons. The van der Waals surface area contributed by atoms with E-state index in [0.717, 1.165) is 6.42 Å². The molecule has 0 fully saturated rings. The maximum Gasteiger partial charge on any atom is 0.269 e. The lowest BCUT2D eigenvalue weighted by Crippen LogP contribution is -2.41. The number of nitrogens with one attached hydrogen (secondary N) is 2. The Morgan fingerprint density at radius 2 is 1.80 bits per heavy atom. The summed E-state index contributed by atoms with van der Waals surface area (Å²) in [6, 6.07) is 5.12. The number of rotatable bonds is 5. The van der Waals surface area contributed by atoms with Gasteiger partial charge in [-0.3, -0.25) is 30.6 Å². The summed E-state index contributed by atoms with van der Waals surface area (Å²) in [5.41, 5.74) is 4.71. The first-order valence-corrected chi connectivity index (χ1v) is 6.23. The van der Waals surface area contributed by atoms with Crippen LogP contribution in [0.15, 0.2) is 24.3 Å². The molecule has 2 amide bonds. The molecule has 0 aromatic heterocycles. The van der Waals surface area contributed by atoms with Crippen molar-refractivity contribution < 1.29 is 14.5 Å². The van der Waals surface area contributed by atoms with E-state index in [1.165, 1.54) is 24.3 Å². The summed E-state index contributed by atoms with van der Waals surface area (Å²) in [4.78, 5) is 33.0. The summed E-state index contributed by atoms with van der Waals surface area (Å²) in [7, 11) is 0. The molecule has 0 radical (unpaired) electrons. The molecule has 7 heteroatoms. The molecule has 1 rings (SSSR count). The summed E-state index contributed by atoms with van der Waals surface area (Å²) in [6.07, 6.45) is 1.07. The van der Waals surface area contributed by atoms with Crippen LogP contribution in [0.3, 0.4) is 0 Å². The van der Waals surface area contributed by atoms with E-state index < -0.39 is 10.8 Å². The second kappa shape index (κ2) is 7.22. The van der Waals surface area contributed by atoms with Crippen LogP contribution in [0.25, 0.3) is 0 Å². The lowest BCUT2D eigenvalue weighted by molar-refractivity contribution is -0.384. The van der Waals surface area contributed by atoms with Crippen molar-refractivity contribution in [3.63, 3.8) is 0 Å². The highest BCUT2D eigenvalue weighted by atomic mass is 16.6. The van der Waals surface area contributed by atoms with Gasteiger partial charge in [0.2, 0.25) is 5.91 Å². The van der Waals surface area contributed by atoms with Crippen molar-refractivity contribution in [1.29, 1.82) is 0 Å². The predicted octanol–water partition coefficient (Wildman–Crippen LogP) is 1.79. The molecule has 0 bridgehead atoms. The van der Waals surface area contributed by atoms with E-state index in [9.17, 15) is 19.7 Å². The molecule has 0 saturated carbocycles. The predicted molar refractivity (Wildman–Crippen MR) is 72.8 cm³/mol. The first-order valence-electron chi connectivity index (χ1n) is 6.23. The van der Waals surface area contributed by atoms with Crippen LogP contribution in [0, 0.1) is 16.0 Å². The number of hydrogen-bond donors (Lipinski definition) is 2. The summed E-state index contributed by atoms with van der Waals surface area (Å²) in [5, 5.41) is 10.5. The van der Waals surface area contributed by atoms with E-state index in [2.05, 4.69) is 10.9 Å². The minimum Gasteiger partial charge on any atom is -0.273 e. The third-order valence-corrected chi connectivity index (χ3v) is 2.60. The number of hydrazine groups is 1. The van der Waals surface area contributed by atoms with Gasteiger partial charge in [0.15, 0.2) is 0 Å². The Morgan fingerprint density at radius 3 is 2.30 bits per heavy atom. The number of carbonyl (C=O) groups is 2. The van der Waals surface area contributed by atoms with Crippen LogP contribution in [0.5, 0.6) is 0 Å². The van der Waals surface area contributed by atoms with E-state index in [4.69, 9.17) is 0 Å². The van der Waals surface area contributed by atoms with Crippen LogP contribution >= 0.6 is 0 Å². The molecule has 0 unspecified atom stereocenters. The maximum absolute atomic E-state index is 11.7. The maximum atomic E-state index is 11.7. The van der Waals surface area contributed by atoms with E-state index in [0.29, 0.717) is 12.3 Å². The number of nitro benzene ring substituents is 1. The number of non-ortho nitro benzene ring substituents is 1. The zero-order chi connectivity index (χ0) is 15.1. The summed E-state index contributed by atoms with van der Waals surface area (Å²) in [6.45, 7) is 4.01. The van der Waals surface area contributed by atoms with Gasteiger partial charge in [0.05, 0.1) is 4.92 Å². The van der Waals surface area contributed by atoms with Crippen LogP contribution in [0.1, 0.15) is 37.0 Å². The van der Waals surface area contributed by atoms with Gasteiger partial charge in [-0.05, 0) is 24.5 Å². The standard InChI is InChI=1S/C13H17N3O4/c1-9(2)3-8-12(17)14-15-13(18)10-4-6-11(7-5-10)16(19)20/h4-7,9H,3,8H2,1-2H3,(H,14,17)(H,15,18). The fourth-order valence-electron chi connectivity index (χ4n) is 1.42. The van der Waals surface area contributed by atoms with Crippen molar-refractivity contribution in [1.82, 2.24) is 10.9 Å². The van der Waals surface area contributed by atoms with Crippen LogP contribution < -0.4 is 10.9 Å². The normalized spacial score (nSPS) is 10.2. The lowest BCUT2D eigenvalue weighted by atomic mass is 10.1. The third kappa shape index (κ3) is 5.05. The number of nitrogens with zero attached hydrogens (tertiary/aromatic N) is 1. The van der Waals surface area contributed by atoms with Gasteiger partial charge in [-0.25, -0.2) is 0 Å². The molecule has 20 heavy (non-hydrogen) atoms. The number of benzene rings is 1. The van der Waals surface area contributed by atoms with Gasteiger partial charge < -0.3 is 0 Å². The SMILES string of the molecule is CC(C)CCC(=O)NNC(=O)c1ccc([N+](=O)[O-])cc1. The van der Waals surface area contributed by atoms with Gasteiger partial charge in [-0.2, -0.15) is 0 Å². The Balaban J connectivity index is 2.46. The smallest absolute Gasteiger partial charge is 0.269 e. The van der Waals surface area contributed by atoms with Crippen molar-refractivity contribution in [2.24, 2.45) is 5.92 Å². The molecule has 1 aromatic carbocycles. The van der Waals surface area contributed by atoms with Crippen molar-refractivity contribution in [3.8, 4) is 0 Å². The molecule has 0 heterocycles. The van der Waals surface area contributed by atoms with Crippen molar-refractivity contribution >= 4 is 17.5 Å². The minimum absolute atomic E-state index is 0.0949. The monoisotopic (exact) mass is 279 g/mol. The Bertz CT molecular complexity index is 497. The highest BCUT2D eigenvalue weighted by Crippen LogP contribution is 2.11. The van der Waals surface area contributed by atoms with Gasteiger partial charge in [0.25, 0.3) is 11.6 Å². The molecule has 0 aliphatic carbocycles. The summed E-state index contributed by atoms with van der Waals surface area (Å²) in [5.74, 6) is -0.377. The molecular formula is C13H17N3O4. The van der Waals surface area contributed by atoms with Gasteiger partial charge in [-0.15, -0.1) is 0 Å². The molecule has 0 aliphatic heterocycles. The summed E-state index contributed by atoms with van der Waals surface area (Å²) >= 11 is 0. The zero-order valence-corrected chi connectivity index (χ0v) is 11.4. The number of hydrogen-bond acceptors (Lipinski definition) is 4. The zero-order valence-electron chi connectivity index (χ0n) is 11.4. The highest BCUT2D eigenvalue weighted by molar-refractivity contribution is 5.95. The first kappa shape index (κ1) is 15.6. The van der Waals surface area contributed by atoms with Gasteiger partial charge in [-0.1, -0.05) is 13.8 Å².